The van der Waals surface area contributed by atoms with Gasteiger partial charge in [-0.05, 0) is 13.8 Å². The fourth-order valence-corrected chi connectivity index (χ4v) is 2.58. The Balaban J connectivity index is 2.29. The lowest BCUT2D eigenvalue weighted by molar-refractivity contribution is -0.124. The number of aliphatic imine (C=N–C) groups is 1. The third kappa shape index (κ3) is 8.20. The molecule has 8 heteroatoms. The molecule has 1 saturated heterocycles. The SMILES string of the molecule is CN=C(NCCNC(=O)C(C)C)N1CCN(CC(=O)NC(C)C)CC1. The molecule has 1 fully saturated rings. The fourth-order valence-electron chi connectivity index (χ4n) is 2.58. The molecule has 8 nitrogen and oxygen atoms in total. The second-order valence-corrected chi connectivity index (χ2v) is 6.91. The third-order valence-corrected chi connectivity index (χ3v) is 3.93. The van der Waals surface area contributed by atoms with Crippen LogP contribution in [0.4, 0.5) is 0 Å². The molecule has 1 rings (SSSR count). The quantitative estimate of drug-likeness (QED) is 0.325. The van der Waals surface area contributed by atoms with Crippen molar-refractivity contribution in [2.24, 2.45) is 10.9 Å². The zero-order chi connectivity index (χ0) is 18.8. The average molecular weight is 354 g/mol. The summed E-state index contributed by atoms with van der Waals surface area (Å²) in [6.07, 6.45) is 0. The van der Waals surface area contributed by atoms with Gasteiger partial charge in [0.05, 0.1) is 6.54 Å². The Morgan fingerprint density at radius 3 is 2.12 bits per heavy atom. The van der Waals surface area contributed by atoms with Crippen molar-refractivity contribution in [3.63, 3.8) is 0 Å². The van der Waals surface area contributed by atoms with Gasteiger partial charge < -0.3 is 20.9 Å². The molecule has 0 radical (unpaired) electrons. The van der Waals surface area contributed by atoms with Crippen LogP contribution in [0.2, 0.25) is 0 Å². The van der Waals surface area contributed by atoms with Crippen LogP contribution in [0.25, 0.3) is 0 Å². The first kappa shape index (κ1) is 21.2. The summed E-state index contributed by atoms with van der Waals surface area (Å²) in [6, 6.07) is 0.174. The van der Waals surface area contributed by atoms with E-state index in [1.807, 2.05) is 27.7 Å². The number of rotatable bonds is 7. The van der Waals surface area contributed by atoms with E-state index in [1.54, 1.807) is 7.05 Å². The van der Waals surface area contributed by atoms with Crippen LogP contribution in [0.5, 0.6) is 0 Å². The van der Waals surface area contributed by atoms with Gasteiger partial charge in [-0.3, -0.25) is 19.5 Å². The lowest BCUT2D eigenvalue weighted by Gasteiger charge is -2.36. The highest BCUT2D eigenvalue weighted by molar-refractivity contribution is 5.81. The maximum Gasteiger partial charge on any atom is 0.234 e. The van der Waals surface area contributed by atoms with E-state index >= 15 is 0 Å². The zero-order valence-corrected chi connectivity index (χ0v) is 16.3. The second kappa shape index (κ2) is 10.9. The van der Waals surface area contributed by atoms with Gasteiger partial charge in [0.1, 0.15) is 0 Å². The normalized spacial score (nSPS) is 16.3. The smallest absolute Gasteiger partial charge is 0.234 e. The summed E-state index contributed by atoms with van der Waals surface area (Å²) in [7, 11) is 1.76. The van der Waals surface area contributed by atoms with E-state index < -0.39 is 0 Å². The Kier molecular flexibility index (Phi) is 9.26. The van der Waals surface area contributed by atoms with Gasteiger partial charge in [0.2, 0.25) is 11.8 Å². The highest BCUT2D eigenvalue weighted by atomic mass is 16.2. The Bertz CT molecular complexity index is 456. The summed E-state index contributed by atoms with van der Waals surface area (Å²) < 4.78 is 0. The average Bonchev–Trinajstić information content (AvgIpc) is 2.54. The lowest BCUT2D eigenvalue weighted by atomic mass is 10.2. The van der Waals surface area contributed by atoms with Crippen LogP contribution < -0.4 is 16.0 Å². The van der Waals surface area contributed by atoms with Gasteiger partial charge in [0.25, 0.3) is 0 Å². The monoisotopic (exact) mass is 354 g/mol. The van der Waals surface area contributed by atoms with Crippen LogP contribution in [0.3, 0.4) is 0 Å². The van der Waals surface area contributed by atoms with Crippen molar-refractivity contribution in [1.82, 2.24) is 25.8 Å². The van der Waals surface area contributed by atoms with Crippen molar-refractivity contribution >= 4 is 17.8 Å². The maximum atomic E-state index is 11.8. The van der Waals surface area contributed by atoms with E-state index in [0.29, 0.717) is 19.6 Å². The molecule has 0 aliphatic carbocycles. The highest BCUT2D eigenvalue weighted by Crippen LogP contribution is 2.02. The minimum Gasteiger partial charge on any atom is -0.354 e. The van der Waals surface area contributed by atoms with Crippen molar-refractivity contribution in [3.05, 3.63) is 0 Å². The number of amides is 2. The van der Waals surface area contributed by atoms with E-state index in [1.165, 1.54) is 0 Å². The van der Waals surface area contributed by atoms with E-state index in [0.717, 1.165) is 32.1 Å². The molecule has 0 atom stereocenters. The number of nitrogens with zero attached hydrogens (tertiary/aromatic N) is 3. The first-order chi connectivity index (χ1) is 11.8. The lowest BCUT2D eigenvalue weighted by Crippen LogP contribution is -2.54. The van der Waals surface area contributed by atoms with Crippen molar-refractivity contribution in [1.29, 1.82) is 0 Å². The molecule has 0 spiro atoms. The second-order valence-electron chi connectivity index (χ2n) is 6.91. The van der Waals surface area contributed by atoms with E-state index in [9.17, 15) is 9.59 Å². The van der Waals surface area contributed by atoms with E-state index in [2.05, 4.69) is 30.7 Å². The van der Waals surface area contributed by atoms with E-state index in [4.69, 9.17) is 0 Å². The molecule has 0 aromatic heterocycles. The standard InChI is InChI=1S/C17H34N6O2/c1-13(2)16(25)19-6-7-20-17(18-5)23-10-8-22(9-11-23)12-15(24)21-14(3)4/h13-14H,6-12H2,1-5H3,(H,18,20)(H,19,25)(H,21,24). The van der Waals surface area contributed by atoms with E-state index in [-0.39, 0.29) is 23.8 Å². The van der Waals surface area contributed by atoms with Crippen LogP contribution in [-0.4, -0.2) is 86.5 Å². The Labute approximate surface area is 151 Å². The molecule has 0 bridgehead atoms. The minimum absolute atomic E-state index is 0.000265. The maximum absolute atomic E-state index is 11.8. The van der Waals surface area contributed by atoms with Crippen molar-refractivity contribution in [2.75, 3.05) is 52.9 Å². The number of guanidine groups is 1. The molecule has 1 aliphatic rings. The summed E-state index contributed by atoms with van der Waals surface area (Å²) in [5, 5.41) is 9.08. The topological polar surface area (TPSA) is 89.1 Å². The molecule has 1 aliphatic heterocycles. The number of nitrogens with one attached hydrogen (secondary N) is 3. The number of hydrogen-bond acceptors (Lipinski definition) is 4. The Hall–Kier alpha value is -1.83. The summed E-state index contributed by atoms with van der Waals surface area (Å²) in [6.45, 7) is 12.7. The largest absolute Gasteiger partial charge is 0.354 e. The molecule has 0 saturated carbocycles. The molecule has 0 aromatic carbocycles. The number of hydrogen-bond donors (Lipinski definition) is 3. The Morgan fingerprint density at radius 1 is 1.00 bits per heavy atom. The predicted molar refractivity (Wildman–Crippen MR) is 101 cm³/mol. The molecule has 25 heavy (non-hydrogen) atoms. The number of carbonyl (C=O) groups is 2. The molecular formula is C17H34N6O2. The molecule has 0 aromatic rings. The van der Waals surface area contributed by atoms with Gasteiger partial charge in [-0.1, -0.05) is 13.8 Å². The summed E-state index contributed by atoms with van der Waals surface area (Å²) in [5.74, 6) is 0.974. The summed E-state index contributed by atoms with van der Waals surface area (Å²) >= 11 is 0. The van der Waals surface area contributed by atoms with Gasteiger partial charge in [-0.15, -0.1) is 0 Å². The van der Waals surface area contributed by atoms with Gasteiger partial charge >= 0.3 is 0 Å². The van der Waals surface area contributed by atoms with Crippen molar-refractivity contribution in [2.45, 2.75) is 33.7 Å². The first-order valence-electron chi connectivity index (χ1n) is 9.08. The van der Waals surface area contributed by atoms with Crippen LogP contribution in [-0.2, 0) is 9.59 Å². The number of carbonyl (C=O) groups excluding carboxylic acids is 2. The fraction of sp³-hybridized carbons (Fsp3) is 0.824. The Morgan fingerprint density at radius 2 is 1.60 bits per heavy atom. The summed E-state index contributed by atoms with van der Waals surface area (Å²) in [4.78, 5) is 32.0. The molecule has 1 heterocycles. The van der Waals surface area contributed by atoms with Gasteiger partial charge in [-0.2, -0.15) is 0 Å². The van der Waals surface area contributed by atoms with Crippen LogP contribution >= 0.6 is 0 Å². The van der Waals surface area contributed by atoms with Crippen molar-refractivity contribution in [3.8, 4) is 0 Å². The van der Waals surface area contributed by atoms with Gasteiger partial charge in [-0.25, -0.2) is 0 Å². The minimum atomic E-state index is 0.000265. The van der Waals surface area contributed by atoms with Crippen LogP contribution in [0.15, 0.2) is 4.99 Å². The molecule has 0 unspecified atom stereocenters. The number of piperazine rings is 1. The summed E-state index contributed by atoms with van der Waals surface area (Å²) in [5.41, 5.74) is 0. The molecule has 144 valence electrons. The van der Waals surface area contributed by atoms with Crippen molar-refractivity contribution < 1.29 is 9.59 Å². The molecule has 3 N–H and O–H groups in total. The van der Waals surface area contributed by atoms with Gasteiger partial charge in [0, 0.05) is 58.3 Å². The highest BCUT2D eigenvalue weighted by Gasteiger charge is 2.21. The zero-order valence-electron chi connectivity index (χ0n) is 16.3. The van der Waals surface area contributed by atoms with Crippen LogP contribution in [0, 0.1) is 5.92 Å². The molecular weight excluding hydrogens is 320 g/mol. The first-order valence-corrected chi connectivity index (χ1v) is 9.08. The molecule has 2 amide bonds. The third-order valence-electron chi connectivity index (χ3n) is 3.93. The predicted octanol–water partition coefficient (Wildman–Crippen LogP) is -0.524. The van der Waals surface area contributed by atoms with Crippen LogP contribution in [0.1, 0.15) is 27.7 Å². The van der Waals surface area contributed by atoms with Gasteiger partial charge in [0.15, 0.2) is 5.96 Å².